The van der Waals surface area contributed by atoms with Crippen LogP contribution in [-0.4, -0.2) is 21.7 Å². The summed E-state index contributed by atoms with van der Waals surface area (Å²) in [6.45, 7) is 2.83. The number of anilines is 1. The Morgan fingerprint density at radius 3 is 2.90 bits per heavy atom. The number of aromatic amines is 1. The van der Waals surface area contributed by atoms with E-state index in [0.29, 0.717) is 0 Å². The van der Waals surface area contributed by atoms with Crippen LogP contribution < -0.4 is 5.32 Å². The predicted octanol–water partition coefficient (Wildman–Crippen LogP) is 3.28. The number of aromatic nitrogens is 2. The lowest BCUT2D eigenvalue weighted by molar-refractivity contribution is -0.384. The van der Waals surface area contributed by atoms with Gasteiger partial charge >= 0.3 is 0 Å². The first kappa shape index (κ1) is 14.8. The zero-order chi connectivity index (χ0) is 14.5. The number of H-pyrrole nitrogens is 1. The third-order valence-electron chi connectivity index (χ3n) is 3.04. The lowest BCUT2D eigenvalue weighted by Gasteiger charge is -2.08. The average Bonchev–Trinajstić information content (AvgIpc) is 2.81. The van der Waals surface area contributed by atoms with Crippen LogP contribution in [0.25, 0.3) is 0 Å². The highest BCUT2D eigenvalue weighted by molar-refractivity contribution is 14.1. The van der Waals surface area contributed by atoms with Crippen molar-refractivity contribution in [1.82, 2.24) is 10.2 Å². The van der Waals surface area contributed by atoms with Gasteiger partial charge in [-0.15, -0.1) is 0 Å². The summed E-state index contributed by atoms with van der Waals surface area (Å²) in [5.41, 5.74) is 3.38. The van der Waals surface area contributed by atoms with E-state index >= 15 is 0 Å². The molecule has 2 N–H and O–H groups in total. The average molecular weight is 386 g/mol. The molecule has 0 bridgehead atoms. The van der Waals surface area contributed by atoms with E-state index in [4.69, 9.17) is 0 Å². The Hall–Kier alpha value is -1.64. The molecule has 0 aliphatic heterocycles. The fraction of sp³-hybridized carbons (Fsp3) is 0.308. The topological polar surface area (TPSA) is 83.8 Å². The van der Waals surface area contributed by atoms with E-state index in [9.17, 15) is 10.1 Å². The minimum absolute atomic E-state index is 0.119. The van der Waals surface area contributed by atoms with Gasteiger partial charge in [-0.25, -0.2) is 0 Å². The Bertz CT molecular complexity index is 612. The molecule has 0 atom stereocenters. The van der Waals surface area contributed by atoms with E-state index < -0.39 is 0 Å². The second kappa shape index (κ2) is 6.69. The van der Waals surface area contributed by atoms with E-state index in [-0.39, 0.29) is 10.6 Å². The molecule has 6 nitrogen and oxygen atoms in total. The number of nitro groups is 1. The lowest BCUT2D eigenvalue weighted by Crippen LogP contribution is -2.04. The fourth-order valence-corrected chi connectivity index (χ4v) is 2.58. The molecule has 7 heteroatoms. The molecule has 0 aliphatic carbocycles. The maximum atomic E-state index is 10.7. The zero-order valence-corrected chi connectivity index (χ0v) is 13.2. The summed E-state index contributed by atoms with van der Waals surface area (Å²) in [5.74, 6) is 0. The molecule has 0 amide bonds. The van der Waals surface area contributed by atoms with Gasteiger partial charge in [0.15, 0.2) is 0 Å². The third kappa shape index (κ3) is 3.69. The number of hydrogen-bond acceptors (Lipinski definition) is 4. The first-order chi connectivity index (χ1) is 9.58. The smallest absolute Gasteiger partial charge is 0.270 e. The summed E-state index contributed by atoms with van der Waals surface area (Å²) < 4.78 is 0.858. The number of non-ortho nitro benzene ring substituents is 1. The molecule has 1 aromatic heterocycles. The van der Waals surface area contributed by atoms with Gasteiger partial charge in [0.1, 0.15) is 0 Å². The van der Waals surface area contributed by atoms with Crippen molar-refractivity contribution >= 4 is 34.0 Å². The molecule has 0 saturated carbocycles. The van der Waals surface area contributed by atoms with Crippen molar-refractivity contribution in [1.29, 1.82) is 0 Å². The number of aryl methyl sites for hydroxylation is 2. The van der Waals surface area contributed by atoms with Crippen molar-refractivity contribution in [2.75, 3.05) is 11.9 Å². The van der Waals surface area contributed by atoms with Gasteiger partial charge in [0.2, 0.25) is 0 Å². The standard InChI is InChI=1S/C13H15IN4O2/c1-9-10(8-16-17-9)3-2-6-15-13-5-4-11(18(19)20)7-12(13)14/h4-5,7-8,15H,2-3,6H2,1H3,(H,16,17). The summed E-state index contributed by atoms with van der Waals surface area (Å²) >= 11 is 2.11. The van der Waals surface area contributed by atoms with Crippen LogP contribution in [0.1, 0.15) is 17.7 Å². The molecule has 0 unspecified atom stereocenters. The van der Waals surface area contributed by atoms with E-state index in [1.165, 1.54) is 11.6 Å². The summed E-state index contributed by atoms with van der Waals surface area (Å²) in [7, 11) is 0. The minimum atomic E-state index is -0.381. The molecule has 2 aromatic rings. The maximum absolute atomic E-state index is 10.7. The molecule has 0 aliphatic rings. The van der Waals surface area contributed by atoms with Gasteiger partial charge in [-0.2, -0.15) is 5.10 Å². The Kier molecular flexibility index (Phi) is 4.94. The molecular formula is C13H15IN4O2. The normalized spacial score (nSPS) is 10.5. The second-order valence-electron chi connectivity index (χ2n) is 4.47. The molecule has 2 rings (SSSR count). The zero-order valence-electron chi connectivity index (χ0n) is 11.0. The number of benzene rings is 1. The van der Waals surface area contributed by atoms with Crippen molar-refractivity contribution in [3.63, 3.8) is 0 Å². The van der Waals surface area contributed by atoms with E-state index in [2.05, 4.69) is 38.1 Å². The number of nitrogens with zero attached hydrogens (tertiary/aromatic N) is 2. The van der Waals surface area contributed by atoms with Crippen LogP contribution in [0.15, 0.2) is 24.4 Å². The first-order valence-electron chi connectivity index (χ1n) is 6.24. The Balaban J connectivity index is 1.85. The molecular weight excluding hydrogens is 371 g/mol. The van der Waals surface area contributed by atoms with Gasteiger partial charge in [0.25, 0.3) is 5.69 Å². The molecule has 1 aromatic carbocycles. The molecule has 0 radical (unpaired) electrons. The van der Waals surface area contributed by atoms with Crippen LogP contribution in [0.2, 0.25) is 0 Å². The first-order valence-corrected chi connectivity index (χ1v) is 7.32. The van der Waals surface area contributed by atoms with Crippen molar-refractivity contribution in [2.24, 2.45) is 0 Å². The van der Waals surface area contributed by atoms with Gasteiger partial charge in [-0.1, -0.05) is 0 Å². The minimum Gasteiger partial charge on any atom is -0.384 e. The SMILES string of the molecule is Cc1[nH]ncc1CCCNc1ccc([N+](=O)[O-])cc1I. The highest BCUT2D eigenvalue weighted by atomic mass is 127. The van der Waals surface area contributed by atoms with E-state index in [0.717, 1.165) is 34.3 Å². The Labute approximate surface area is 130 Å². The largest absolute Gasteiger partial charge is 0.384 e. The maximum Gasteiger partial charge on any atom is 0.270 e. The predicted molar refractivity (Wildman–Crippen MR) is 85.9 cm³/mol. The number of halogens is 1. The number of hydrogen-bond donors (Lipinski definition) is 2. The summed E-state index contributed by atoms with van der Waals surface area (Å²) in [4.78, 5) is 10.3. The van der Waals surface area contributed by atoms with E-state index in [1.807, 2.05) is 13.1 Å². The van der Waals surface area contributed by atoms with Gasteiger partial charge in [-0.05, 0) is 54.0 Å². The van der Waals surface area contributed by atoms with Crippen LogP contribution in [0.3, 0.4) is 0 Å². The Morgan fingerprint density at radius 1 is 1.50 bits per heavy atom. The Morgan fingerprint density at radius 2 is 2.30 bits per heavy atom. The monoisotopic (exact) mass is 386 g/mol. The molecule has 0 fully saturated rings. The lowest BCUT2D eigenvalue weighted by atomic mass is 10.1. The van der Waals surface area contributed by atoms with Crippen LogP contribution in [0, 0.1) is 20.6 Å². The fourth-order valence-electron chi connectivity index (χ4n) is 1.89. The van der Waals surface area contributed by atoms with Crippen LogP contribution in [-0.2, 0) is 6.42 Å². The molecule has 106 valence electrons. The highest BCUT2D eigenvalue weighted by Crippen LogP contribution is 2.23. The number of nitrogens with one attached hydrogen (secondary N) is 2. The summed E-state index contributed by atoms with van der Waals surface area (Å²) in [6, 6.07) is 4.84. The van der Waals surface area contributed by atoms with Crippen LogP contribution >= 0.6 is 22.6 Å². The van der Waals surface area contributed by atoms with Crippen molar-refractivity contribution < 1.29 is 4.92 Å². The summed E-state index contributed by atoms with van der Waals surface area (Å²) in [6.07, 6.45) is 3.79. The van der Waals surface area contributed by atoms with E-state index in [1.54, 1.807) is 12.1 Å². The van der Waals surface area contributed by atoms with Crippen LogP contribution in [0.4, 0.5) is 11.4 Å². The molecule has 20 heavy (non-hydrogen) atoms. The molecule has 1 heterocycles. The second-order valence-corrected chi connectivity index (χ2v) is 5.63. The molecule has 0 saturated heterocycles. The van der Waals surface area contributed by atoms with Crippen molar-refractivity contribution in [3.05, 3.63) is 49.3 Å². The molecule has 0 spiro atoms. The highest BCUT2D eigenvalue weighted by Gasteiger charge is 2.08. The van der Waals surface area contributed by atoms with Crippen molar-refractivity contribution in [3.8, 4) is 0 Å². The van der Waals surface area contributed by atoms with Gasteiger partial charge in [0.05, 0.1) is 11.1 Å². The van der Waals surface area contributed by atoms with Crippen molar-refractivity contribution in [2.45, 2.75) is 19.8 Å². The summed E-state index contributed by atoms with van der Waals surface area (Å²) in [5, 5.41) is 20.9. The third-order valence-corrected chi connectivity index (χ3v) is 3.93. The van der Waals surface area contributed by atoms with Crippen LogP contribution in [0.5, 0.6) is 0 Å². The van der Waals surface area contributed by atoms with Gasteiger partial charge in [-0.3, -0.25) is 15.2 Å². The number of rotatable bonds is 6. The number of nitro benzene ring substituents is 1. The van der Waals surface area contributed by atoms with Gasteiger partial charge in [0, 0.05) is 33.6 Å². The van der Waals surface area contributed by atoms with Gasteiger partial charge < -0.3 is 5.32 Å². The quantitative estimate of drug-likeness (QED) is 0.346.